The third-order valence-corrected chi connectivity index (χ3v) is 6.33. The number of ether oxygens (including phenoxy) is 1. The molecule has 1 saturated heterocycles. The first-order valence-electron chi connectivity index (χ1n) is 10.1. The molecular formula is C21H30ClFN2O2. The summed E-state index contributed by atoms with van der Waals surface area (Å²) in [4.78, 5) is 13.6. The molecule has 0 radical (unpaired) electrons. The minimum absolute atomic E-state index is 0.147. The van der Waals surface area contributed by atoms with E-state index in [1.807, 2.05) is 0 Å². The van der Waals surface area contributed by atoms with Gasteiger partial charge < -0.3 is 15.4 Å². The summed E-state index contributed by atoms with van der Waals surface area (Å²) in [6.07, 6.45) is 8.61. The fourth-order valence-corrected chi connectivity index (χ4v) is 4.59. The maximum absolute atomic E-state index is 13.1. The molecule has 0 spiro atoms. The van der Waals surface area contributed by atoms with Gasteiger partial charge in [0, 0.05) is 19.5 Å². The average Bonchev–Trinajstić information content (AvgIpc) is 2.64. The van der Waals surface area contributed by atoms with Crippen molar-refractivity contribution in [3.05, 3.63) is 29.0 Å². The van der Waals surface area contributed by atoms with Gasteiger partial charge in [-0.3, -0.25) is 4.79 Å². The second-order valence-electron chi connectivity index (χ2n) is 8.08. The molecule has 1 aliphatic heterocycles. The summed E-state index contributed by atoms with van der Waals surface area (Å²) in [5.74, 6) is 1.35. The van der Waals surface area contributed by atoms with Gasteiger partial charge in [0.15, 0.2) is 0 Å². The molecule has 27 heavy (non-hydrogen) atoms. The Kier molecular flexibility index (Phi) is 7.36. The van der Waals surface area contributed by atoms with Gasteiger partial charge in [-0.05, 0) is 68.7 Å². The third kappa shape index (κ3) is 6.35. The lowest BCUT2D eigenvalue weighted by Gasteiger charge is -2.34. The van der Waals surface area contributed by atoms with Gasteiger partial charge in [0.2, 0.25) is 5.91 Å². The standard InChI is InChI=1S/C21H30ClFN2O2/c22-19-14-17(23)5-6-20(19)27-18-8-11-25(12-9-18)10-7-15-1-3-16(4-2-15)13-21(24)26/h5-6,14-16,18H,1-4,7-13H2,(H2,24,26). The van der Waals surface area contributed by atoms with Crippen LogP contribution < -0.4 is 10.5 Å². The van der Waals surface area contributed by atoms with Crippen LogP contribution >= 0.6 is 11.6 Å². The van der Waals surface area contributed by atoms with E-state index in [1.54, 1.807) is 6.07 Å². The molecule has 1 amide bonds. The van der Waals surface area contributed by atoms with Crippen molar-refractivity contribution in [1.29, 1.82) is 0 Å². The molecule has 2 fully saturated rings. The lowest BCUT2D eigenvalue weighted by molar-refractivity contribution is -0.119. The normalized spacial score (nSPS) is 24.7. The number of benzene rings is 1. The van der Waals surface area contributed by atoms with Crippen LogP contribution in [0.2, 0.25) is 5.02 Å². The van der Waals surface area contributed by atoms with Gasteiger partial charge in [0.1, 0.15) is 17.7 Å². The second kappa shape index (κ2) is 9.74. The van der Waals surface area contributed by atoms with Crippen LogP contribution in [0, 0.1) is 17.7 Å². The zero-order valence-electron chi connectivity index (χ0n) is 15.8. The number of carbonyl (C=O) groups is 1. The molecule has 1 saturated carbocycles. The molecule has 1 heterocycles. The van der Waals surface area contributed by atoms with Crippen LogP contribution in [0.15, 0.2) is 18.2 Å². The third-order valence-electron chi connectivity index (χ3n) is 6.03. The molecule has 0 bridgehead atoms. The molecule has 4 nitrogen and oxygen atoms in total. The van der Waals surface area contributed by atoms with Crippen molar-refractivity contribution in [2.75, 3.05) is 19.6 Å². The van der Waals surface area contributed by atoms with Crippen LogP contribution in [-0.2, 0) is 4.79 Å². The summed E-state index contributed by atoms with van der Waals surface area (Å²) in [7, 11) is 0. The number of likely N-dealkylation sites (tertiary alicyclic amines) is 1. The Hall–Kier alpha value is -1.33. The fourth-order valence-electron chi connectivity index (χ4n) is 4.38. The van der Waals surface area contributed by atoms with E-state index >= 15 is 0 Å². The molecule has 3 rings (SSSR count). The highest BCUT2D eigenvalue weighted by molar-refractivity contribution is 6.32. The van der Waals surface area contributed by atoms with Crippen LogP contribution in [0.25, 0.3) is 0 Å². The van der Waals surface area contributed by atoms with E-state index in [2.05, 4.69) is 4.90 Å². The quantitative estimate of drug-likeness (QED) is 0.743. The molecule has 150 valence electrons. The minimum atomic E-state index is -0.342. The van der Waals surface area contributed by atoms with Crippen molar-refractivity contribution in [3.8, 4) is 5.75 Å². The first-order valence-corrected chi connectivity index (χ1v) is 10.5. The average molecular weight is 397 g/mol. The highest BCUT2D eigenvalue weighted by atomic mass is 35.5. The molecule has 0 atom stereocenters. The highest BCUT2D eigenvalue weighted by Crippen LogP contribution is 2.33. The molecule has 2 aliphatic rings. The smallest absolute Gasteiger partial charge is 0.217 e. The largest absolute Gasteiger partial charge is 0.489 e. The molecule has 6 heteroatoms. The van der Waals surface area contributed by atoms with E-state index in [0.29, 0.717) is 23.1 Å². The molecule has 2 N–H and O–H groups in total. The number of halogens is 2. The van der Waals surface area contributed by atoms with E-state index in [9.17, 15) is 9.18 Å². The van der Waals surface area contributed by atoms with Crippen LogP contribution in [0.5, 0.6) is 5.75 Å². The maximum Gasteiger partial charge on any atom is 0.217 e. The van der Waals surface area contributed by atoms with E-state index in [0.717, 1.165) is 51.2 Å². The summed E-state index contributed by atoms with van der Waals surface area (Å²) in [5, 5.41) is 0.337. The first-order chi connectivity index (χ1) is 13.0. The number of primary amides is 1. The van der Waals surface area contributed by atoms with Crippen LogP contribution in [0.4, 0.5) is 4.39 Å². The van der Waals surface area contributed by atoms with Crippen molar-refractivity contribution in [2.24, 2.45) is 17.6 Å². The van der Waals surface area contributed by atoms with Gasteiger partial charge in [0.05, 0.1) is 5.02 Å². The summed E-state index contributed by atoms with van der Waals surface area (Å²) in [6.45, 7) is 3.19. The molecule has 1 aliphatic carbocycles. The number of piperidine rings is 1. The van der Waals surface area contributed by atoms with Gasteiger partial charge in [-0.2, -0.15) is 0 Å². The number of hydrogen-bond donors (Lipinski definition) is 1. The number of rotatable bonds is 7. The Morgan fingerprint density at radius 3 is 2.44 bits per heavy atom. The lowest BCUT2D eigenvalue weighted by Crippen LogP contribution is -2.39. The number of carbonyl (C=O) groups excluding carboxylic acids is 1. The Morgan fingerprint density at radius 1 is 1.15 bits per heavy atom. The predicted molar refractivity (Wildman–Crippen MR) is 105 cm³/mol. The Labute approximate surface area is 166 Å². The summed E-state index contributed by atoms with van der Waals surface area (Å²) < 4.78 is 19.1. The topological polar surface area (TPSA) is 55.6 Å². The highest BCUT2D eigenvalue weighted by Gasteiger charge is 2.25. The molecule has 0 aromatic heterocycles. The second-order valence-corrected chi connectivity index (χ2v) is 8.49. The van der Waals surface area contributed by atoms with Gasteiger partial charge in [-0.1, -0.05) is 24.4 Å². The lowest BCUT2D eigenvalue weighted by atomic mass is 9.79. The zero-order chi connectivity index (χ0) is 19.2. The predicted octanol–water partition coefficient (Wildman–Crippen LogP) is 4.39. The summed E-state index contributed by atoms with van der Waals surface area (Å²) in [5.41, 5.74) is 5.31. The molecular weight excluding hydrogens is 367 g/mol. The van der Waals surface area contributed by atoms with E-state index in [-0.39, 0.29) is 17.8 Å². The fraction of sp³-hybridized carbons (Fsp3) is 0.667. The van der Waals surface area contributed by atoms with Gasteiger partial charge in [-0.15, -0.1) is 0 Å². The molecule has 0 unspecified atom stereocenters. The Balaban J connectivity index is 1.33. The van der Waals surface area contributed by atoms with Crippen LogP contribution in [-0.4, -0.2) is 36.5 Å². The molecule has 1 aromatic rings. The minimum Gasteiger partial charge on any atom is -0.489 e. The van der Waals surface area contributed by atoms with Crippen molar-refractivity contribution < 1.29 is 13.9 Å². The SMILES string of the molecule is NC(=O)CC1CCC(CCN2CCC(Oc3ccc(F)cc3Cl)CC2)CC1. The van der Waals surface area contributed by atoms with Gasteiger partial charge in [-0.25, -0.2) is 4.39 Å². The number of nitrogens with zero attached hydrogens (tertiary/aromatic N) is 1. The first kappa shape index (κ1) is 20.4. The summed E-state index contributed by atoms with van der Waals surface area (Å²) in [6, 6.07) is 4.29. The van der Waals surface area contributed by atoms with Crippen molar-refractivity contribution in [2.45, 2.75) is 57.5 Å². The zero-order valence-corrected chi connectivity index (χ0v) is 16.6. The summed E-state index contributed by atoms with van der Waals surface area (Å²) >= 11 is 6.05. The van der Waals surface area contributed by atoms with E-state index in [1.165, 1.54) is 31.4 Å². The van der Waals surface area contributed by atoms with Crippen LogP contribution in [0.1, 0.15) is 51.4 Å². The van der Waals surface area contributed by atoms with Crippen molar-refractivity contribution >= 4 is 17.5 Å². The van der Waals surface area contributed by atoms with Crippen molar-refractivity contribution in [3.63, 3.8) is 0 Å². The number of hydrogen-bond acceptors (Lipinski definition) is 3. The Morgan fingerprint density at radius 2 is 1.81 bits per heavy atom. The van der Waals surface area contributed by atoms with E-state index in [4.69, 9.17) is 22.1 Å². The maximum atomic E-state index is 13.1. The number of amides is 1. The van der Waals surface area contributed by atoms with Crippen LogP contribution in [0.3, 0.4) is 0 Å². The number of nitrogens with two attached hydrogens (primary N) is 1. The van der Waals surface area contributed by atoms with Gasteiger partial charge >= 0.3 is 0 Å². The van der Waals surface area contributed by atoms with Crippen molar-refractivity contribution in [1.82, 2.24) is 4.90 Å². The Bertz CT molecular complexity index is 627. The van der Waals surface area contributed by atoms with Gasteiger partial charge in [0.25, 0.3) is 0 Å². The van der Waals surface area contributed by atoms with E-state index < -0.39 is 0 Å². The monoisotopic (exact) mass is 396 g/mol. The molecule has 1 aromatic carbocycles.